The Labute approximate surface area is 214 Å². The number of aliphatic hydroxyl groups excluding tert-OH is 1. The molecule has 186 valence electrons. The van der Waals surface area contributed by atoms with Crippen LogP contribution in [0.25, 0.3) is 0 Å². The average molecular weight is 562 g/mol. The van der Waals surface area contributed by atoms with Gasteiger partial charge in [0.15, 0.2) is 0 Å². The Morgan fingerprint density at radius 3 is 2.16 bits per heavy atom. The fourth-order valence-electron chi connectivity index (χ4n) is 4.66. The first-order valence-electron chi connectivity index (χ1n) is 12.2. The molecule has 0 radical (unpaired) electrons. The molecule has 32 heavy (non-hydrogen) atoms. The van der Waals surface area contributed by atoms with Gasteiger partial charge < -0.3 is 43.0 Å². The second-order valence-corrected chi connectivity index (χ2v) is 12.0. The summed E-state index contributed by atoms with van der Waals surface area (Å²) in [5.74, 6) is 0.930. The number of aliphatic hydroxyl groups is 1. The number of quaternary nitrogens is 1. The van der Waals surface area contributed by atoms with Crippen LogP contribution in [-0.2, 0) is 15.6 Å². The van der Waals surface area contributed by atoms with Gasteiger partial charge in [0.25, 0.3) is 0 Å². The third-order valence-electron chi connectivity index (χ3n) is 6.69. The van der Waals surface area contributed by atoms with E-state index >= 15 is 0 Å². The Bertz CT molecular complexity index is 685. The van der Waals surface area contributed by atoms with Crippen molar-refractivity contribution in [2.45, 2.75) is 96.6 Å². The van der Waals surface area contributed by atoms with E-state index in [0.717, 1.165) is 16.8 Å². The molecule has 1 aliphatic carbocycles. The van der Waals surface area contributed by atoms with E-state index in [2.05, 4.69) is 73.8 Å². The second kappa shape index (κ2) is 12.4. The molecule has 4 nitrogen and oxygen atoms in total. The first kappa shape index (κ1) is 29.7. The number of rotatable bonds is 9. The standard InChI is InChI=1S/C27H48NO3.HI/c1-26(2,3)21-14-15-25(24(18-21)27(4,5)6)31-17-16-30-20-23(29)19-28(7,8)22-12-10-9-11-13-22;/h14-15,18,22-23,29H,9-13,16-17,19-20H2,1-8H3;1H/q+1;/p-1. The van der Waals surface area contributed by atoms with E-state index in [-0.39, 0.29) is 34.8 Å². The maximum Gasteiger partial charge on any atom is 0.126 e. The molecule has 0 amide bonds. The molecule has 1 saturated carbocycles. The van der Waals surface area contributed by atoms with Gasteiger partial charge in [-0.15, -0.1) is 0 Å². The number of benzene rings is 1. The normalized spacial score (nSPS) is 17.0. The smallest absolute Gasteiger partial charge is 0.126 e. The summed E-state index contributed by atoms with van der Waals surface area (Å²) in [6.07, 6.45) is 6.12. The summed E-state index contributed by atoms with van der Waals surface area (Å²) in [6, 6.07) is 7.21. The highest BCUT2D eigenvalue weighted by molar-refractivity contribution is 5.43. The van der Waals surface area contributed by atoms with Crippen LogP contribution in [0, 0.1) is 0 Å². The fourth-order valence-corrected chi connectivity index (χ4v) is 4.66. The summed E-state index contributed by atoms with van der Waals surface area (Å²) in [6.45, 7) is 15.5. The minimum Gasteiger partial charge on any atom is -1.00 e. The first-order valence-corrected chi connectivity index (χ1v) is 12.2. The van der Waals surface area contributed by atoms with Gasteiger partial charge in [-0.25, -0.2) is 0 Å². The molecule has 1 atom stereocenters. The van der Waals surface area contributed by atoms with E-state index < -0.39 is 6.10 Å². The monoisotopic (exact) mass is 561 g/mol. The number of hydrogen-bond donors (Lipinski definition) is 1. The van der Waals surface area contributed by atoms with Crippen LogP contribution in [0.5, 0.6) is 5.75 Å². The third kappa shape index (κ3) is 9.11. The van der Waals surface area contributed by atoms with E-state index in [1.807, 2.05) is 0 Å². The lowest BCUT2D eigenvalue weighted by Gasteiger charge is -2.41. The highest BCUT2D eigenvalue weighted by Crippen LogP contribution is 2.35. The van der Waals surface area contributed by atoms with E-state index in [1.54, 1.807) is 0 Å². The number of halogens is 1. The van der Waals surface area contributed by atoms with Crippen molar-refractivity contribution >= 4 is 0 Å². The molecule has 0 aromatic heterocycles. The SMILES string of the molecule is CC(C)(C)c1ccc(OCCOCC(O)C[N+](C)(C)C2CCCCC2)c(C(C)(C)C)c1.[I-]. The van der Waals surface area contributed by atoms with Gasteiger partial charge >= 0.3 is 0 Å². The molecule has 5 heteroatoms. The van der Waals surface area contributed by atoms with Crippen LogP contribution >= 0.6 is 0 Å². The zero-order chi connectivity index (χ0) is 23.3. The number of nitrogens with zero attached hydrogens (tertiary/aromatic N) is 1. The van der Waals surface area contributed by atoms with Gasteiger partial charge in [0.1, 0.15) is 25.0 Å². The van der Waals surface area contributed by atoms with Crippen LogP contribution in [0.1, 0.15) is 84.8 Å². The van der Waals surface area contributed by atoms with Gasteiger partial charge in [-0.3, -0.25) is 0 Å². The second-order valence-electron chi connectivity index (χ2n) is 12.0. The van der Waals surface area contributed by atoms with E-state index in [9.17, 15) is 5.11 Å². The molecule has 1 fully saturated rings. The van der Waals surface area contributed by atoms with Gasteiger partial charge in [-0.1, -0.05) is 60.1 Å². The van der Waals surface area contributed by atoms with Gasteiger partial charge in [0, 0.05) is 0 Å². The van der Waals surface area contributed by atoms with Crippen molar-refractivity contribution in [2.75, 3.05) is 40.5 Å². The predicted molar refractivity (Wildman–Crippen MR) is 130 cm³/mol. The number of hydrogen-bond acceptors (Lipinski definition) is 3. The molecular formula is C27H48INO3. The molecule has 1 aromatic rings. The summed E-state index contributed by atoms with van der Waals surface area (Å²) in [5, 5.41) is 10.5. The molecule has 0 saturated heterocycles. The minimum absolute atomic E-state index is 0. The molecule has 0 bridgehead atoms. The predicted octanol–water partition coefficient (Wildman–Crippen LogP) is 2.45. The molecular weight excluding hydrogens is 513 g/mol. The van der Waals surface area contributed by atoms with Crippen LogP contribution in [0.4, 0.5) is 0 Å². The zero-order valence-corrected chi connectivity index (χ0v) is 24.0. The minimum atomic E-state index is -0.437. The lowest BCUT2D eigenvalue weighted by Crippen LogP contribution is -3.00. The van der Waals surface area contributed by atoms with Crippen molar-refractivity contribution in [1.29, 1.82) is 0 Å². The Hall–Kier alpha value is -0.370. The van der Waals surface area contributed by atoms with Gasteiger partial charge in [0.05, 0.1) is 33.4 Å². The molecule has 1 N–H and O–H groups in total. The highest BCUT2D eigenvalue weighted by atomic mass is 127. The van der Waals surface area contributed by atoms with Crippen LogP contribution in [0.3, 0.4) is 0 Å². The van der Waals surface area contributed by atoms with Gasteiger partial charge in [0.2, 0.25) is 0 Å². The Kier molecular flexibility index (Phi) is 11.5. The summed E-state index contributed by atoms with van der Waals surface area (Å²) in [7, 11) is 4.50. The summed E-state index contributed by atoms with van der Waals surface area (Å²) >= 11 is 0. The molecule has 0 heterocycles. The maximum atomic E-state index is 10.5. The van der Waals surface area contributed by atoms with Crippen LogP contribution in [0.15, 0.2) is 18.2 Å². The van der Waals surface area contributed by atoms with Crippen LogP contribution < -0.4 is 28.7 Å². The number of ether oxygens (including phenoxy) is 2. The zero-order valence-electron chi connectivity index (χ0n) is 21.8. The lowest BCUT2D eigenvalue weighted by molar-refractivity contribution is -0.919. The summed E-state index contributed by atoms with van der Waals surface area (Å²) < 4.78 is 12.8. The van der Waals surface area contributed by atoms with E-state index in [4.69, 9.17) is 9.47 Å². The van der Waals surface area contributed by atoms with Gasteiger partial charge in [-0.2, -0.15) is 0 Å². The van der Waals surface area contributed by atoms with Gasteiger partial charge in [-0.05, 0) is 53.7 Å². The third-order valence-corrected chi connectivity index (χ3v) is 6.69. The van der Waals surface area contributed by atoms with Crippen molar-refractivity contribution in [2.24, 2.45) is 0 Å². The Morgan fingerprint density at radius 2 is 1.59 bits per heavy atom. The van der Waals surface area contributed by atoms with E-state index in [1.165, 1.54) is 43.2 Å². The fraction of sp³-hybridized carbons (Fsp3) is 0.778. The van der Waals surface area contributed by atoms with Crippen molar-refractivity contribution in [3.63, 3.8) is 0 Å². The highest BCUT2D eigenvalue weighted by Gasteiger charge is 2.31. The van der Waals surface area contributed by atoms with Crippen molar-refractivity contribution in [3.8, 4) is 5.75 Å². The molecule has 1 unspecified atom stereocenters. The average Bonchev–Trinajstić information content (AvgIpc) is 2.66. The topological polar surface area (TPSA) is 38.7 Å². The summed E-state index contributed by atoms with van der Waals surface area (Å²) in [4.78, 5) is 0. The van der Waals surface area contributed by atoms with Crippen molar-refractivity contribution in [3.05, 3.63) is 29.3 Å². The first-order chi connectivity index (χ1) is 14.3. The lowest BCUT2D eigenvalue weighted by atomic mass is 9.80. The quantitative estimate of drug-likeness (QED) is 0.286. The summed E-state index contributed by atoms with van der Waals surface area (Å²) in [5.41, 5.74) is 2.67. The Morgan fingerprint density at radius 1 is 0.969 bits per heavy atom. The van der Waals surface area contributed by atoms with Crippen molar-refractivity contribution in [1.82, 2.24) is 0 Å². The molecule has 0 aliphatic heterocycles. The molecule has 1 aromatic carbocycles. The Balaban J connectivity index is 0.00000512. The maximum absolute atomic E-state index is 10.5. The van der Waals surface area contributed by atoms with E-state index in [0.29, 0.717) is 25.9 Å². The van der Waals surface area contributed by atoms with Crippen LogP contribution in [0.2, 0.25) is 0 Å². The molecule has 2 rings (SSSR count). The molecule has 1 aliphatic rings. The van der Waals surface area contributed by atoms with Crippen LogP contribution in [-0.4, -0.2) is 62.2 Å². The number of likely N-dealkylation sites (N-methyl/N-ethyl adjacent to an activating group) is 1. The largest absolute Gasteiger partial charge is 1.00 e. The molecule has 0 spiro atoms. The van der Waals surface area contributed by atoms with Crippen molar-refractivity contribution < 1.29 is 43.0 Å².